The Morgan fingerprint density at radius 3 is 1.64 bits per heavy atom. The van der Waals surface area contributed by atoms with Crippen LogP contribution in [0.5, 0.6) is 0 Å². The number of rotatable bonds is 9. The Balaban J connectivity index is 1.71. The van der Waals surface area contributed by atoms with Gasteiger partial charge >= 0.3 is 239 Å². The van der Waals surface area contributed by atoms with E-state index in [4.69, 9.17) is 0 Å². The van der Waals surface area contributed by atoms with Crippen molar-refractivity contribution in [2.24, 2.45) is 5.92 Å². The summed E-state index contributed by atoms with van der Waals surface area (Å²) in [4.78, 5) is 15.8. The summed E-state index contributed by atoms with van der Waals surface area (Å²) in [7, 11) is 0. The molecule has 0 radical (unpaired) electrons. The summed E-state index contributed by atoms with van der Waals surface area (Å²) in [5.41, 5.74) is 0. The molecule has 0 amide bonds. The second-order valence-electron chi connectivity index (χ2n) is 10.4. The maximum absolute atomic E-state index is 13.2. The van der Waals surface area contributed by atoms with Gasteiger partial charge in [-0.2, -0.15) is 0 Å². The van der Waals surface area contributed by atoms with Gasteiger partial charge in [-0.05, 0) is 0 Å². The van der Waals surface area contributed by atoms with Gasteiger partial charge in [0.05, 0.1) is 0 Å². The quantitative estimate of drug-likeness (QED) is 0.199. The molecule has 6 heteroatoms. The Hall–Kier alpha value is -3.08. The number of carboxylic acid groups (broad SMARTS) is 1. The van der Waals surface area contributed by atoms with E-state index in [1.165, 1.54) is 25.7 Å². The molecule has 0 bridgehead atoms. The summed E-state index contributed by atoms with van der Waals surface area (Å²) in [6.45, 7) is -2.86. The van der Waals surface area contributed by atoms with Gasteiger partial charge in [-0.3, -0.25) is 0 Å². The van der Waals surface area contributed by atoms with Crippen LogP contribution in [0.4, 0.5) is 0 Å². The predicted molar refractivity (Wildman–Crippen MR) is 167 cm³/mol. The number of aliphatic carboxylic acids is 1. The zero-order chi connectivity index (χ0) is 26.7. The van der Waals surface area contributed by atoms with Gasteiger partial charge in [-0.15, -0.1) is 0 Å². The van der Waals surface area contributed by atoms with E-state index in [1.807, 2.05) is 0 Å². The third-order valence-corrected chi connectivity index (χ3v) is 17.0. The number of hydrogen-bond acceptors (Lipinski definition) is 4. The van der Waals surface area contributed by atoms with E-state index in [9.17, 15) is 9.90 Å². The molecule has 0 saturated carbocycles. The topological polar surface area (TPSA) is 40.5 Å². The van der Waals surface area contributed by atoms with Gasteiger partial charge in [-0.25, -0.2) is 0 Å². The van der Waals surface area contributed by atoms with E-state index in [2.05, 4.69) is 131 Å². The van der Waals surface area contributed by atoms with E-state index in [-0.39, 0.29) is 5.92 Å². The van der Waals surface area contributed by atoms with Crippen LogP contribution >= 0.6 is 29.4 Å². The van der Waals surface area contributed by atoms with E-state index in [0.717, 1.165) is 19.1 Å². The molecule has 2 aromatic heterocycles. The van der Waals surface area contributed by atoms with Crippen LogP contribution < -0.4 is 15.9 Å². The molecule has 1 N–H and O–H groups in total. The van der Waals surface area contributed by atoms with Gasteiger partial charge in [0, 0.05) is 0 Å². The van der Waals surface area contributed by atoms with Crippen molar-refractivity contribution in [3.8, 4) is 0 Å². The molecule has 1 unspecified atom stereocenters. The zero-order valence-corrected chi connectivity index (χ0v) is 24.2. The molecule has 2 atom stereocenters. The van der Waals surface area contributed by atoms with Crippen LogP contribution in [0.3, 0.4) is 0 Å². The van der Waals surface area contributed by atoms with Crippen LogP contribution in [0.25, 0.3) is 0 Å². The first-order valence-electron chi connectivity index (χ1n) is 13.3. The molecular formula is C33H32NO2PS2. The van der Waals surface area contributed by atoms with Crippen molar-refractivity contribution in [2.45, 2.75) is 25.0 Å². The van der Waals surface area contributed by atoms with Crippen LogP contribution in [-0.2, 0) is 17.4 Å². The zero-order valence-electron chi connectivity index (χ0n) is 21.7. The third kappa shape index (κ3) is 4.38. The summed E-state index contributed by atoms with van der Waals surface area (Å²) in [5.74, 6) is -0.475. The first-order valence-corrected chi connectivity index (χ1v) is 17.5. The summed E-state index contributed by atoms with van der Waals surface area (Å²) in [5, 5.41) is 18.8. The van der Waals surface area contributed by atoms with Crippen molar-refractivity contribution in [2.75, 3.05) is 6.54 Å². The van der Waals surface area contributed by atoms with Gasteiger partial charge in [0.15, 0.2) is 0 Å². The average Bonchev–Trinajstić information content (AvgIpc) is 3.77. The van der Waals surface area contributed by atoms with E-state index in [0.29, 0.717) is 6.42 Å². The predicted octanol–water partition coefficient (Wildman–Crippen LogP) is 6.77. The van der Waals surface area contributed by atoms with Crippen molar-refractivity contribution in [3.05, 3.63) is 136 Å². The maximum atomic E-state index is 13.2. The van der Waals surface area contributed by atoms with Crippen molar-refractivity contribution in [3.63, 3.8) is 0 Å². The summed E-state index contributed by atoms with van der Waals surface area (Å²) < 4.78 is 2.48. The standard InChI is InChI=1S/C33H32NO2PS2/c35-33(36)32-23-26(22-30-18-10-20-38-30)24-34(32)37(25-31-19-11-21-39-31,27-12-4-1-5-13-27,28-14-6-2-7-15-28)29-16-8-3-9-17-29/h1-21,26,32H,22-25H2,(H,35,36)/t26?,32-/m0/s1. The normalized spacial score (nSPS) is 18.9. The van der Waals surface area contributed by atoms with Crippen LogP contribution in [0.2, 0.25) is 0 Å². The first-order chi connectivity index (χ1) is 19.1. The van der Waals surface area contributed by atoms with E-state index >= 15 is 0 Å². The van der Waals surface area contributed by atoms with E-state index < -0.39 is 18.8 Å². The van der Waals surface area contributed by atoms with E-state index in [1.54, 1.807) is 22.7 Å². The van der Waals surface area contributed by atoms with Gasteiger partial charge in [0.1, 0.15) is 0 Å². The number of benzene rings is 3. The Labute approximate surface area is 238 Å². The Bertz CT molecular complexity index is 1410. The number of nitrogens with zero attached hydrogens (tertiary/aromatic N) is 1. The molecule has 3 aromatic carbocycles. The fraction of sp³-hybridized carbons (Fsp3) is 0.182. The second-order valence-corrected chi connectivity index (χ2v) is 17.3. The number of thiophene rings is 2. The first kappa shape index (κ1) is 26.2. The average molecular weight is 570 g/mol. The van der Waals surface area contributed by atoms with Crippen LogP contribution in [0, 0.1) is 5.92 Å². The summed E-state index contributed by atoms with van der Waals surface area (Å²) in [6, 6.07) is 40.4. The van der Waals surface area contributed by atoms with Crippen molar-refractivity contribution >= 4 is 51.3 Å². The van der Waals surface area contributed by atoms with Crippen molar-refractivity contribution in [1.82, 2.24) is 4.67 Å². The molecule has 0 aliphatic carbocycles. The molecular weight excluding hydrogens is 537 g/mol. The molecule has 1 aliphatic rings. The minimum atomic E-state index is -3.59. The number of carbonyl (C=O) groups is 1. The van der Waals surface area contributed by atoms with Crippen LogP contribution in [-0.4, -0.2) is 28.3 Å². The Morgan fingerprint density at radius 1 is 0.718 bits per heavy atom. The summed E-state index contributed by atoms with van der Waals surface area (Å²) >= 11 is 3.53. The molecule has 3 heterocycles. The fourth-order valence-corrected chi connectivity index (χ4v) is 16.1. The van der Waals surface area contributed by atoms with Gasteiger partial charge < -0.3 is 0 Å². The molecule has 1 aliphatic heterocycles. The molecule has 39 heavy (non-hydrogen) atoms. The van der Waals surface area contributed by atoms with Gasteiger partial charge in [-0.1, -0.05) is 0 Å². The molecule has 3 nitrogen and oxygen atoms in total. The Morgan fingerprint density at radius 2 is 1.21 bits per heavy atom. The Kier molecular flexibility index (Phi) is 7.26. The molecule has 6 rings (SSSR count). The van der Waals surface area contributed by atoms with Crippen molar-refractivity contribution < 1.29 is 9.90 Å². The minimum absolute atomic E-state index is 0.255. The molecule has 1 fully saturated rings. The van der Waals surface area contributed by atoms with Gasteiger partial charge in [0.25, 0.3) is 0 Å². The second kappa shape index (κ2) is 10.8. The van der Waals surface area contributed by atoms with Crippen LogP contribution in [0.15, 0.2) is 126 Å². The number of carboxylic acids is 1. The molecule has 0 spiro atoms. The SMILES string of the molecule is O=C(O)[C@@H]1CC(Cc2cccs2)CN1P(Cc1cccs1)(c1ccccc1)(c1ccccc1)c1ccccc1. The fourth-order valence-electron chi connectivity index (χ4n) is 6.69. The van der Waals surface area contributed by atoms with Crippen molar-refractivity contribution in [1.29, 1.82) is 0 Å². The van der Waals surface area contributed by atoms with Gasteiger partial charge in [0.2, 0.25) is 0 Å². The third-order valence-electron chi connectivity index (χ3n) is 8.26. The number of hydrogen-bond donors (Lipinski definition) is 1. The monoisotopic (exact) mass is 569 g/mol. The summed E-state index contributed by atoms with van der Waals surface area (Å²) in [6.07, 6.45) is 2.31. The molecule has 1 saturated heterocycles. The van der Waals surface area contributed by atoms with Crippen LogP contribution in [0.1, 0.15) is 16.2 Å². The molecule has 5 aromatic rings. The molecule has 198 valence electrons.